The van der Waals surface area contributed by atoms with Crippen molar-refractivity contribution in [1.29, 1.82) is 0 Å². The highest BCUT2D eigenvalue weighted by Crippen LogP contribution is 2.34. The van der Waals surface area contributed by atoms with Crippen molar-refractivity contribution in [2.45, 2.75) is 32.2 Å². The van der Waals surface area contributed by atoms with E-state index in [9.17, 15) is 9.59 Å². The minimum atomic E-state index is -0.219. The van der Waals surface area contributed by atoms with Gasteiger partial charge < -0.3 is 29.3 Å². The lowest BCUT2D eigenvalue weighted by Gasteiger charge is -2.37. The molecule has 34 heavy (non-hydrogen) atoms. The molecule has 1 unspecified atom stereocenters. The van der Waals surface area contributed by atoms with Gasteiger partial charge in [-0.3, -0.25) is 4.79 Å². The number of fused-ring (bicyclic) bond motifs is 1. The Morgan fingerprint density at radius 3 is 2.82 bits per heavy atom. The van der Waals surface area contributed by atoms with E-state index in [-0.39, 0.29) is 24.5 Å². The van der Waals surface area contributed by atoms with Crippen LogP contribution in [0.25, 0.3) is 0 Å². The highest BCUT2D eigenvalue weighted by atomic mass is 32.1. The smallest absolute Gasteiger partial charge is 0.317 e. The van der Waals surface area contributed by atoms with Gasteiger partial charge in [0.15, 0.2) is 0 Å². The van der Waals surface area contributed by atoms with E-state index in [1.165, 1.54) is 4.88 Å². The molecule has 1 N–H and O–H groups in total. The first-order chi connectivity index (χ1) is 16.6. The van der Waals surface area contributed by atoms with Crippen molar-refractivity contribution < 1.29 is 23.8 Å². The van der Waals surface area contributed by atoms with Gasteiger partial charge in [0, 0.05) is 44.3 Å². The highest BCUT2D eigenvalue weighted by Gasteiger charge is 2.33. The molecule has 9 heteroatoms. The number of ether oxygens (including phenoxy) is 3. The maximum Gasteiger partial charge on any atom is 0.317 e. The summed E-state index contributed by atoms with van der Waals surface area (Å²) in [4.78, 5) is 30.9. The molecule has 1 aliphatic rings. The summed E-state index contributed by atoms with van der Waals surface area (Å²) in [5.41, 5.74) is 1.12. The first-order valence-corrected chi connectivity index (χ1v) is 12.6. The Balaban J connectivity index is 1.73. The number of hydrogen-bond donors (Lipinski definition) is 1. The third-order valence-electron chi connectivity index (χ3n) is 5.78. The van der Waals surface area contributed by atoms with Gasteiger partial charge in [-0.15, -0.1) is 11.3 Å². The number of hydrogen-bond acceptors (Lipinski definition) is 6. The summed E-state index contributed by atoms with van der Waals surface area (Å²) >= 11 is 1.71. The van der Waals surface area contributed by atoms with Gasteiger partial charge in [0.2, 0.25) is 5.91 Å². The normalized spacial score (nSPS) is 14.9. The number of carbonyl (C=O) groups is 2. The van der Waals surface area contributed by atoms with Crippen LogP contribution in [0.3, 0.4) is 0 Å². The first kappa shape index (κ1) is 25.8. The fourth-order valence-electron chi connectivity index (χ4n) is 3.99. The van der Waals surface area contributed by atoms with Crippen LogP contribution in [-0.2, 0) is 16.0 Å². The molecule has 8 nitrogen and oxygen atoms in total. The highest BCUT2D eigenvalue weighted by molar-refractivity contribution is 7.10. The molecule has 2 aromatic rings. The monoisotopic (exact) mass is 489 g/mol. The summed E-state index contributed by atoms with van der Waals surface area (Å²) in [5, 5.41) is 4.95. The molecule has 2 heterocycles. The molecule has 0 bridgehead atoms. The van der Waals surface area contributed by atoms with Gasteiger partial charge in [-0.25, -0.2) is 4.79 Å². The maximum atomic E-state index is 13.5. The van der Waals surface area contributed by atoms with Crippen molar-refractivity contribution in [1.82, 2.24) is 15.1 Å². The van der Waals surface area contributed by atoms with Gasteiger partial charge in [-0.2, -0.15) is 0 Å². The number of nitrogens with zero attached hydrogens (tertiary/aromatic N) is 2. The average molecular weight is 490 g/mol. The lowest BCUT2D eigenvalue weighted by Crippen LogP contribution is -2.50. The number of thiophene rings is 1. The molecular formula is C25H35N3O5S. The first-order valence-electron chi connectivity index (χ1n) is 11.7. The minimum absolute atomic E-state index is 0.0222. The SMILES string of the molecule is CCCNC(=O)N(CCCOC)CC(=O)N1CCc2sccc2C1COc1cccc(OC)c1. The van der Waals surface area contributed by atoms with E-state index < -0.39 is 0 Å². The van der Waals surface area contributed by atoms with Crippen LogP contribution in [0.4, 0.5) is 4.79 Å². The molecular weight excluding hydrogens is 454 g/mol. The second-order valence-corrected chi connectivity index (χ2v) is 9.14. The number of urea groups is 1. The number of carbonyl (C=O) groups excluding carboxylic acids is 2. The van der Waals surface area contributed by atoms with Gasteiger partial charge in [-0.1, -0.05) is 13.0 Å². The molecule has 1 aromatic carbocycles. The van der Waals surface area contributed by atoms with Crippen molar-refractivity contribution in [2.75, 3.05) is 53.6 Å². The number of rotatable bonds is 12. The van der Waals surface area contributed by atoms with Crippen molar-refractivity contribution in [2.24, 2.45) is 0 Å². The fourth-order valence-corrected chi connectivity index (χ4v) is 4.92. The lowest BCUT2D eigenvalue weighted by molar-refractivity contribution is -0.135. The summed E-state index contributed by atoms with van der Waals surface area (Å²) < 4.78 is 16.5. The third kappa shape index (κ3) is 6.87. The van der Waals surface area contributed by atoms with E-state index in [0.29, 0.717) is 45.0 Å². The molecule has 3 amide bonds. The van der Waals surface area contributed by atoms with E-state index in [1.807, 2.05) is 36.1 Å². The quantitative estimate of drug-likeness (QED) is 0.460. The van der Waals surface area contributed by atoms with E-state index in [4.69, 9.17) is 14.2 Å². The Labute approximate surface area is 205 Å². The zero-order valence-electron chi connectivity index (χ0n) is 20.2. The van der Waals surface area contributed by atoms with Gasteiger partial charge >= 0.3 is 6.03 Å². The third-order valence-corrected chi connectivity index (χ3v) is 6.78. The number of nitrogens with one attached hydrogen (secondary N) is 1. The van der Waals surface area contributed by atoms with Crippen LogP contribution in [0.15, 0.2) is 35.7 Å². The van der Waals surface area contributed by atoms with E-state index in [0.717, 1.165) is 24.2 Å². The number of methoxy groups -OCH3 is 2. The Morgan fingerprint density at radius 2 is 2.06 bits per heavy atom. The van der Waals surface area contributed by atoms with Crippen LogP contribution in [0.1, 0.15) is 36.2 Å². The van der Waals surface area contributed by atoms with Crippen LogP contribution in [0.2, 0.25) is 0 Å². The van der Waals surface area contributed by atoms with Gasteiger partial charge in [0.05, 0.1) is 13.2 Å². The fraction of sp³-hybridized carbons (Fsp3) is 0.520. The van der Waals surface area contributed by atoms with Crippen molar-refractivity contribution in [3.8, 4) is 11.5 Å². The second-order valence-electron chi connectivity index (χ2n) is 8.14. The Morgan fingerprint density at radius 1 is 1.24 bits per heavy atom. The molecule has 0 aliphatic carbocycles. The zero-order chi connectivity index (χ0) is 24.3. The summed E-state index contributed by atoms with van der Waals surface area (Å²) in [6, 6.07) is 9.09. The van der Waals surface area contributed by atoms with Crippen LogP contribution in [0.5, 0.6) is 11.5 Å². The van der Waals surface area contributed by atoms with Gasteiger partial charge in [0.25, 0.3) is 0 Å². The minimum Gasteiger partial charge on any atom is -0.497 e. The predicted octanol–water partition coefficient (Wildman–Crippen LogP) is 3.72. The van der Waals surface area contributed by atoms with E-state index in [1.54, 1.807) is 30.5 Å². The molecule has 0 saturated heterocycles. The van der Waals surface area contributed by atoms with Crippen LogP contribution in [0, 0.1) is 0 Å². The summed E-state index contributed by atoms with van der Waals surface area (Å²) in [6.45, 7) is 4.51. The van der Waals surface area contributed by atoms with Crippen molar-refractivity contribution in [3.05, 3.63) is 46.2 Å². The van der Waals surface area contributed by atoms with Gasteiger partial charge in [0.1, 0.15) is 24.7 Å². The average Bonchev–Trinajstić information content (AvgIpc) is 3.34. The van der Waals surface area contributed by atoms with Crippen LogP contribution in [-0.4, -0.2) is 75.4 Å². The molecule has 0 saturated carbocycles. The van der Waals surface area contributed by atoms with Gasteiger partial charge in [-0.05, 0) is 48.4 Å². The van der Waals surface area contributed by atoms with Crippen LogP contribution < -0.4 is 14.8 Å². The van der Waals surface area contributed by atoms with E-state index in [2.05, 4.69) is 16.8 Å². The van der Waals surface area contributed by atoms with Crippen LogP contribution >= 0.6 is 11.3 Å². The van der Waals surface area contributed by atoms with E-state index >= 15 is 0 Å². The molecule has 0 radical (unpaired) electrons. The summed E-state index contributed by atoms with van der Waals surface area (Å²) in [7, 11) is 3.25. The van der Waals surface area contributed by atoms with Crippen molar-refractivity contribution in [3.63, 3.8) is 0 Å². The molecule has 0 spiro atoms. The maximum absolute atomic E-state index is 13.5. The lowest BCUT2D eigenvalue weighted by atomic mass is 10.0. The summed E-state index contributed by atoms with van der Waals surface area (Å²) in [5.74, 6) is 1.32. The second kappa shape index (κ2) is 13.2. The molecule has 1 atom stereocenters. The van der Waals surface area contributed by atoms with Crippen molar-refractivity contribution >= 4 is 23.3 Å². The zero-order valence-corrected chi connectivity index (χ0v) is 21.1. The Kier molecular flexibility index (Phi) is 10.0. The molecule has 0 fully saturated rings. The Hall–Kier alpha value is -2.78. The topological polar surface area (TPSA) is 80.3 Å². The molecule has 186 valence electrons. The summed E-state index contributed by atoms with van der Waals surface area (Å²) in [6.07, 6.45) is 2.31. The number of amides is 3. The Bertz CT molecular complexity index is 935. The largest absolute Gasteiger partial charge is 0.497 e. The molecule has 1 aromatic heterocycles. The molecule has 1 aliphatic heterocycles. The standard InChI is InChI=1S/C25H35N3O5S/c1-4-11-26-25(30)27(12-6-14-31-2)17-24(29)28-13-9-23-21(10-15-34-23)22(28)18-33-20-8-5-7-19(16-20)32-3/h5,7-8,10,15-16,22H,4,6,9,11-14,17-18H2,1-3H3,(H,26,30). The molecule has 3 rings (SSSR count). The number of benzene rings is 1. The predicted molar refractivity (Wildman–Crippen MR) is 133 cm³/mol.